The summed E-state index contributed by atoms with van der Waals surface area (Å²) in [6.07, 6.45) is 0. The maximum absolute atomic E-state index is 13.4. The number of aromatic amines is 1. The average molecular weight is 433 g/mol. The maximum atomic E-state index is 13.4. The fourth-order valence-electron chi connectivity index (χ4n) is 3.45. The van der Waals surface area contributed by atoms with E-state index in [1.54, 1.807) is 60.5 Å². The molecule has 1 N–H and O–H groups in total. The second-order valence-electron chi connectivity index (χ2n) is 7.31. The highest BCUT2D eigenvalue weighted by molar-refractivity contribution is 6.30. The summed E-state index contributed by atoms with van der Waals surface area (Å²) >= 11 is 5.98. The van der Waals surface area contributed by atoms with Crippen LogP contribution in [0.25, 0.3) is 10.9 Å². The molecule has 0 saturated carbocycles. The minimum Gasteiger partial charge on any atom is -0.497 e. The summed E-state index contributed by atoms with van der Waals surface area (Å²) in [7, 11) is 1.59. The first-order valence-electron chi connectivity index (χ1n) is 9.78. The maximum Gasteiger partial charge on any atom is 0.258 e. The van der Waals surface area contributed by atoms with Gasteiger partial charge in [-0.05, 0) is 79.0 Å². The minimum atomic E-state index is -0.231. The number of aromatic nitrogens is 1. The van der Waals surface area contributed by atoms with Gasteiger partial charge in [0.15, 0.2) is 0 Å². The lowest BCUT2D eigenvalue weighted by atomic mass is 10.1. The van der Waals surface area contributed by atoms with E-state index in [-0.39, 0.29) is 18.0 Å². The van der Waals surface area contributed by atoms with Crippen molar-refractivity contribution in [2.45, 2.75) is 13.5 Å². The Bertz CT molecular complexity index is 1300. The Morgan fingerprint density at radius 3 is 2.39 bits per heavy atom. The first kappa shape index (κ1) is 20.7. The van der Waals surface area contributed by atoms with Gasteiger partial charge in [-0.25, -0.2) is 0 Å². The molecular weight excluding hydrogens is 412 g/mol. The number of ether oxygens (including phenoxy) is 1. The SMILES string of the molecule is COc1ccc(N(Cc2cc3cc(C)ccc3[nH]c2=O)C(=O)c2ccc(Cl)cc2)cc1. The van der Waals surface area contributed by atoms with Gasteiger partial charge < -0.3 is 14.6 Å². The van der Waals surface area contributed by atoms with Crippen molar-refractivity contribution in [1.82, 2.24) is 4.98 Å². The monoisotopic (exact) mass is 432 g/mol. The van der Waals surface area contributed by atoms with Crippen LogP contribution < -0.4 is 15.2 Å². The molecule has 31 heavy (non-hydrogen) atoms. The van der Waals surface area contributed by atoms with Crippen LogP contribution in [0.15, 0.2) is 77.6 Å². The molecule has 0 spiro atoms. The van der Waals surface area contributed by atoms with Gasteiger partial charge in [-0.1, -0.05) is 23.2 Å². The Labute approximate surface area is 184 Å². The number of H-pyrrole nitrogens is 1. The number of fused-ring (bicyclic) bond motifs is 1. The van der Waals surface area contributed by atoms with Crippen LogP contribution in [0.1, 0.15) is 21.5 Å². The molecule has 4 aromatic rings. The fraction of sp³-hybridized carbons (Fsp3) is 0.120. The first-order valence-corrected chi connectivity index (χ1v) is 10.2. The normalized spacial score (nSPS) is 10.8. The molecule has 1 aromatic heterocycles. The summed E-state index contributed by atoms with van der Waals surface area (Å²) in [5.74, 6) is 0.451. The predicted octanol–water partition coefficient (Wildman–Crippen LogP) is 5.35. The van der Waals surface area contributed by atoms with Crippen molar-refractivity contribution in [1.29, 1.82) is 0 Å². The molecule has 0 fully saturated rings. The lowest BCUT2D eigenvalue weighted by molar-refractivity contribution is 0.0985. The van der Waals surface area contributed by atoms with E-state index >= 15 is 0 Å². The highest BCUT2D eigenvalue weighted by atomic mass is 35.5. The lowest BCUT2D eigenvalue weighted by Crippen LogP contribution is -2.32. The second-order valence-corrected chi connectivity index (χ2v) is 7.75. The van der Waals surface area contributed by atoms with Gasteiger partial charge in [0, 0.05) is 27.4 Å². The standard InChI is InChI=1S/C25H21ClN2O3/c1-16-3-12-23-18(13-16)14-19(24(29)27-23)15-28(21-8-10-22(31-2)11-9-21)25(30)17-4-6-20(26)7-5-17/h3-14H,15H2,1-2H3,(H,27,29). The van der Waals surface area contributed by atoms with Crippen molar-refractivity contribution in [3.05, 3.63) is 105 Å². The molecule has 6 heteroatoms. The van der Waals surface area contributed by atoms with Gasteiger partial charge in [-0.15, -0.1) is 0 Å². The molecule has 4 rings (SSSR count). The number of nitrogens with zero attached hydrogens (tertiary/aromatic N) is 1. The molecule has 0 unspecified atom stereocenters. The first-order chi connectivity index (χ1) is 14.9. The van der Waals surface area contributed by atoms with Gasteiger partial charge in [-0.3, -0.25) is 9.59 Å². The number of carbonyl (C=O) groups is 1. The molecule has 0 bridgehead atoms. The van der Waals surface area contributed by atoms with Gasteiger partial charge in [0.1, 0.15) is 5.75 Å². The molecule has 156 valence electrons. The molecule has 0 atom stereocenters. The highest BCUT2D eigenvalue weighted by Crippen LogP contribution is 2.24. The zero-order chi connectivity index (χ0) is 22.0. The van der Waals surface area contributed by atoms with E-state index in [1.165, 1.54) is 0 Å². The van der Waals surface area contributed by atoms with Gasteiger partial charge in [0.25, 0.3) is 11.5 Å². The molecule has 3 aromatic carbocycles. The highest BCUT2D eigenvalue weighted by Gasteiger charge is 2.20. The number of rotatable bonds is 5. The average Bonchev–Trinajstić information content (AvgIpc) is 2.78. The molecule has 0 saturated heterocycles. The number of hydrogen-bond acceptors (Lipinski definition) is 3. The minimum absolute atomic E-state index is 0.118. The molecule has 1 heterocycles. The van der Waals surface area contributed by atoms with E-state index in [0.717, 1.165) is 16.5 Å². The third-order valence-electron chi connectivity index (χ3n) is 5.13. The third kappa shape index (κ3) is 4.47. The van der Waals surface area contributed by atoms with Gasteiger partial charge in [0.2, 0.25) is 0 Å². The summed E-state index contributed by atoms with van der Waals surface area (Å²) in [6, 6.07) is 21.5. The number of carbonyl (C=O) groups excluding carboxylic acids is 1. The van der Waals surface area contributed by atoms with E-state index < -0.39 is 0 Å². The summed E-state index contributed by atoms with van der Waals surface area (Å²) < 4.78 is 5.23. The Morgan fingerprint density at radius 2 is 1.71 bits per heavy atom. The Kier molecular flexibility index (Phi) is 5.78. The summed E-state index contributed by atoms with van der Waals surface area (Å²) in [4.78, 5) is 30.6. The van der Waals surface area contributed by atoms with E-state index in [9.17, 15) is 9.59 Å². The molecule has 0 aliphatic rings. The zero-order valence-electron chi connectivity index (χ0n) is 17.2. The number of benzene rings is 3. The number of nitrogens with one attached hydrogen (secondary N) is 1. The van der Waals surface area contributed by atoms with Crippen LogP contribution in [0.3, 0.4) is 0 Å². The van der Waals surface area contributed by atoms with Crippen molar-refractivity contribution in [2.24, 2.45) is 0 Å². The smallest absolute Gasteiger partial charge is 0.258 e. The summed E-state index contributed by atoms with van der Waals surface area (Å²) in [6.45, 7) is 2.12. The van der Waals surface area contributed by atoms with Crippen molar-refractivity contribution in [3.63, 3.8) is 0 Å². The number of aryl methyl sites for hydroxylation is 1. The molecule has 5 nitrogen and oxygen atoms in total. The molecule has 1 amide bonds. The topological polar surface area (TPSA) is 62.4 Å². The van der Waals surface area contributed by atoms with Crippen molar-refractivity contribution < 1.29 is 9.53 Å². The van der Waals surface area contributed by atoms with Crippen LogP contribution in [-0.4, -0.2) is 18.0 Å². The van der Waals surface area contributed by atoms with Crippen molar-refractivity contribution in [3.8, 4) is 5.75 Å². The van der Waals surface area contributed by atoms with Crippen LogP contribution in [0.5, 0.6) is 5.75 Å². The molecule has 0 aliphatic heterocycles. The fourth-order valence-corrected chi connectivity index (χ4v) is 3.58. The molecule has 0 aliphatic carbocycles. The van der Waals surface area contributed by atoms with Crippen LogP contribution in [0.4, 0.5) is 5.69 Å². The van der Waals surface area contributed by atoms with Crippen LogP contribution in [0.2, 0.25) is 5.02 Å². The van der Waals surface area contributed by atoms with Crippen molar-refractivity contribution in [2.75, 3.05) is 12.0 Å². The van der Waals surface area contributed by atoms with E-state index in [2.05, 4.69) is 4.98 Å². The van der Waals surface area contributed by atoms with Crippen LogP contribution in [0, 0.1) is 6.92 Å². The number of methoxy groups -OCH3 is 1. The van der Waals surface area contributed by atoms with Gasteiger partial charge >= 0.3 is 0 Å². The van der Waals surface area contributed by atoms with Gasteiger partial charge in [-0.2, -0.15) is 0 Å². The van der Waals surface area contributed by atoms with E-state index in [0.29, 0.717) is 27.6 Å². The third-order valence-corrected chi connectivity index (χ3v) is 5.38. The summed E-state index contributed by atoms with van der Waals surface area (Å²) in [5.41, 5.74) is 3.27. The molecular formula is C25H21ClN2O3. The zero-order valence-corrected chi connectivity index (χ0v) is 17.9. The molecule has 0 radical (unpaired) electrons. The van der Waals surface area contributed by atoms with Gasteiger partial charge in [0.05, 0.1) is 13.7 Å². The Balaban J connectivity index is 1.77. The largest absolute Gasteiger partial charge is 0.497 e. The van der Waals surface area contributed by atoms with Crippen molar-refractivity contribution >= 4 is 34.1 Å². The quantitative estimate of drug-likeness (QED) is 0.462. The number of amides is 1. The number of pyridine rings is 1. The Hall–Kier alpha value is -3.57. The number of anilines is 1. The lowest BCUT2D eigenvalue weighted by Gasteiger charge is -2.23. The van der Waals surface area contributed by atoms with Crippen LogP contribution >= 0.6 is 11.6 Å². The van der Waals surface area contributed by atoms with E-state index in [4.69, 9.17) is 16.3 Å². The Morgan fingerprint density at radius 1 is 1.00 bits per heavy atom. The second kappa shape index (κ2) is 8.66. The summed E-state index contributed by atoms with van der Waals surface area (Å²) in [5, 5.41) is 1.47. The van der Waals surface area contributed by atoms with E-state index in [1.807, 2.05) is 31.2 Å². The number of halogens is 1. The van der Waals surface area contributed by atoms with Crippen LogP contribution in [-0.2, 0) is 6.54 Å². The number of hydrogen-bond donors (Lipinski definition) is 1. The predicted molar refractivity (Wildman–Crippen MR) is 124 cm³/mol.